The van der Waals surface area contributed by atoms with Gasteiger partial charge in [-0.2, -0.15) is 15.6 Å². The van der Waals surface area contributed by atoms with E-state index < -0.39 is 5.91 Å². The molecule has 0 spiro atoms. The Morgan fingerprint density at radius 1 is 1.14 bits per heavy atom. The van der Waals surface area contributed by atoms with Gasteiger partial charge in [0.05, 0.1) is 29.0 Å². The molecule has 144 valence electrons. The van der Waals surface area contributed by atoms with Crippen molar-refractivity contribution in [1.29, 1.82) is 10.5 Å². The maximum Gasteiger partial charge on any atom is 0.248 e. The lowest BCUT2D eigenvalue weighted by Gasteiger charge is -2.09. The van der Waals surface area contributed by atoms with E-state index in [0.29, 0.717) is 47.0 Å². The molecule has 0 saturated carbocycles. The van der Waals surface area contributed by atoms with Gasteiger partial charge in [0.2, 0.25) is 5.91 Å². The second-order valence-electron chi connectivity index (χ2n) is 6.35. The van der Waals surface area contributed by atoms with Crippen LogP contribution in [0.2, 0.25) is 0 Å². The second-order valence-corrected chi connectivity index (χ2v) is 6.35. The van der Waals surface area contributed by atoms with Crippen LogP contribution < -0.4 is 15.8 Å². The lowest BCUT2D eigenvalue weighted by molar-refractivity contribution is 0.100. The van der Waals surface area contributed by atoms with Gasteiger partial charge >= 0.3 is 0 Å². The van der Waals surface area contributed by atoms with E-state index in [0.717, 1.165) is 11.3 Å². The van der Waals surface area contributed by atoms with Crippen molar-refractivity contribution in [3.8, 4) is 23.6 Å². The smallest absolute Gasteiger partial charge is 0.248 e. The summed E-state index contributed by atoms with van der Waals surface area (Å²) in [5.74, 6) is 0.480. The summed E-state index contributed by atoms with van der Waals surface area (Å²) in [7, 11) is 0. The summed E-state index contributed by atoms with van der Waals surface area (Å²) in [6.07, 6.45) is 0. The minimum absolute atomic E-state index is 0.347. The van der Waals surface area contributed by atoms with Gasteiger partial charge in [-0.15, -0.1) is 0 Å². The van der Waals surface area contributed by atoms with Crippen molar-refractivity contribution in [1.82, 2.24) is 15.5 Å². The molecule has 0 radical (unpaired) electrons. The van der Waals surface area contributed by atoms with Crippen LogP contribution in [0.3, 0.4) is 0 Å². The highest BCUT2D eigenvalue weighted by Crippen LogP contribution is 2.28. The summed E-state index contributed by atoms with van der Waals surface area (Å²) >= 11 is 0. The van der Waals surface area contributed by atoms with Crippen molar-refractivity contribution in [2.24, 2.45) is 5.73 Å². The molecule has 3 aromatic rings. The minimum atomic E-state index is -0.459. The molecule has 0 atom stereocenters. The van der Waals surface area contributed by atoms with Crippen LogP contribution >= 0.6 is 0 Å². The number of ether oxygens (including phenoxy) is 1. The molecule has 0 aliphatic carbocycles. The van der Waals surface area contributed by atoms with Crippen molar-refractivity contribution in [3.05, 3.63) is 76.1 Å². The third-order valence-corrected chi connectivity index (χ3v) is 4.22. The number of carbonyl (C=O) groups is 1. The maximum atomic E-state index is 11.1. The number of carbonyl (C=O) groups excluding carboxylic acids is 1. The maximum absolute atomic E-state index is 11.1. The van der Waals surface area contributed by atoms with Crippen LogP contribution in [0.25, 0.3) is 0 Å². The SMILES string of the molecule is Cc1n[nH]c(CNCc2ccc(C(N)=O)cc2)c1Oc1cc(C#N)cc(C#N)c1. The van der Waals surface area contributed by atoms with Crippen LogP contribution in [0.15, 0.2) is 42.5 Å². The standard InChI is InChI=1S/C21H18N6O2/c1-13-20(29-18-7-15(9-22)6-16(8-18)10-23)19(27-26-13)12-25-11-14-2-4-17(5-3-14)21(24)28/h2-8,25H,11-12H2,1H3,(H2,24,28)(H,26,27). The van der Waals surface area contributed by atoms with Gasteiger partial charge in [-0.1, -0.05) is 12.1 Å². The molecule has 0 aliphatic rings. The van der Waals surface area contributed by atoms with Crippen molar-refractivity contribution in [2.75, 3.05) is 0 Å². The molecule has 1 amide bonds. The predicted molar refractivity (Wildman–Crippen MR) is 105 cm³/mol. The Hall–Kier alpha value is -4.14. The number of aromatic nitrogens is 2. The summed E-state index contributed by atoms with van der Waals surface area (Å²) in [5, 5.41) is 28.6. The number of nitrogens with zero attached hydrogens (tertiary/aromatic N) is 3. The Labute approximate surface area is 167 Å². The van der Waals surface area contributed by atoms with Crippen LogP contribution in [-0.2, 0) is 13.1 Å². The van der Waals surface area contributed by atoms with E-state index in [1.807, 2.05) is 24.3 Å². The molecule has 8 heteroatoms. The summed E-state index contributed by atoms with van der Waals surface area (Å²) in [6.45, 7) is 2.83. The fourth-order valence-corrected chi connectivity index (χ4v) is 2.75. The number of H-pyrrole nitrogens is 1. The number of aryl methyl sites for hydroxylation is 1. The first-order valence-corrected chi connectivity index (χ1v) is 8.76. The molecule has 4 N–H and O–H groups in total. The molecule has 1 heterocycles. The predicted octanol–water partition coefficient (Wildman–Crippen LogP) is 2.64. The van der Waals surface area contributed by atoms with Crippen molar-refractivity contribution >= 4 is 5.91 Å². The highest BCUT2D eigenvalue weighted by Gasteiger charge is 2.13. The molecule has 0 unspecified atom stereocenters. The van der Waals surface area contributed by atoms with Crippen LogP contribution in [0.5, 0.6) is 11.5 Å². The van der Waals surface area contributed by atoms with E-state index in [1.165, 1.54) is 6.07 Å². The minimum Gasteiger partial charge on any atom is -0.453 e. The Bertz CT molecular complexity index is 1090. The molecule has 0 fully saturated rings. The number of benzene rings is 2. The van der Waals surface area contributed by atoms with Gasteiger partial charge in [-0.25, -0.2) is 0 Å². The largest absolute Gasteiger partial charge is 0.453 e. The summed E-state index contributed by atoms with van der Waals surface area (Å²) < 4.78 is 5.92. The second kappa shape index (κ2) is 8.70. The van der Waals surface area contributed by atoms with E-state index in [2.05, 4.69) is 15.5 Å². The highest BCUT2D eigenvalue weighted by molar-refractivity contribution is 5.92. The number of rotatable bonds is 7. The van der Waals surface area contributed by atoms with Crippen molar-refractivity contribution in [3.63, 3.8) is 0 Å². The van der Waals surface area contributed by atoms with E-state index >= 15 is 0 Å². The Kier molecular flexibility index (Phi) is 5.88. The summed E-state index contributed by atoms with van der Waals surface area (Å²) in [4.78, 5) is 11.1. The molecule has 0 aliphatic heterocycles. The lowest BCUT2D eigenvalue weighted by Crippen LogP contribution is -2.14. The van der Waals surface area contributed by atoms with Crippen LogP contribution in [-0.4, -0.2) is 16.1 Å². The third-order valence-electron chi connectivity index (χ3n) is 4.22. The van der Waals surface area contributed by atoms with Crippen LogP contribution in [0.1, 0.15) is 38.4 Å². The van der Waals surface area contributed by atoms with Gasteiger partial charge in [0, 0.05) is 18.7 Å². The number of nitrogens with two attached hydrogens (primary N) is 1. The van der Waals surface area contributed by atoms with Gasteiger partial charge in [0.25, 0.3) is 0 Å². The van der Waals surface area contributed by atoms with Gasteiger partial charge in [-0.3, -0.25) is 9.89 Å². The normalized spacial score (nSPS) is 10.2. The Morgan fingerprint density at radius 2 is 1.79 bits per heavy atom. The van der Waals surface area contributed by atoms with E-state index in [9.17, 15) is 4.79 Å². The fraction of sp³-hybridized carbons (Fsp3) is 0.143. The molecule has 8 nitrogen and oxygen atoms in total. The number of hydrogen-bond donors (Lipinski definition) is 3. The number of aromatic amines is 1. The average Bonchev–Trinajstić information content (AvgIpc) is 3.07. The quantitative estimate of drug-likeness (QED) is 0.570. The fourth-order valence-electron chi connectivity index (χ4n) is 2.75. The molecule has 3 rings (SSSR count). The molecular weight excluding hydrogens is 368 g/mol. The van der Waals surface area contributed by atoms with Crippen molar-refractivity contribution < 1.29 is 9.53 Å². The van der Waals surface area contributed by atoms with Crippen LogP contribution in [0.4, 0.5) is 0 Å². The Morgan fingerprint density at radius 3 is 2.38 bits per heavy atom. The number of primary amides is 1. The number of amides is 1. The van der Waals surface area contributed by atoms with E-state index in [4.69, 9.17) is 21.0 Å². The van der Waals surface area contributed by atoms with Gasteiger partial charge in [-0.05, 0) is 42.8 Å². The summed E-state index contributed by atoms with van der Waals surface area (Å²) in [5.41, 5.74) is 8.79. The van der Waals surface area contributed by atoms with Gasteiger partial charge in [0.1, 0.15) is 11.4 Å². The monoisotopic (exact) mass is 386 g/mol. The first kappa shape index (κ1) is 19.6. The zero-order valence-corrected chi connectivity index (χ0v) is 15.7. The molecule has 0 saturated heterocycles. The first-order valence-electron chi connectivity index (χ1n) is 8.76. The van der Waals surface area contributed by atoms with Gasteiger partial charge in [0.15, 0.2) is 5.75 Å². The number of hydrogen-bond acceptors (Lipinski definition) is 6. The molecule has 2 aromatic carbocycles. The summed E-state index contributed by atoms with van der Waals surface area (Å²) in [6, 6.07) is 15.7. The average molecular weight is 386 g/mol. The van der Waals surface area contributed by atoms with E-state index in [-0.39, 0.29) is 0 Å². The Balaban J connectivity index is 1.69. The van der Waals surface area contributed by atoms with Crippen molar-refractivity contribution in [2.45, 2.75) is 20.0 Å². The van der Waals surface area contributed by atoms with E-state index in [1.54, 1.807) is 31.2 Å². The lowest BCUT2D eigenvalue weighted by atomic mass is 10.1. The number of nitrogens with one attached hydrogen (secondary N) is 2. The first-order chi connectivity index (χ1) is 14.0. The zero-order valence-electron chi connectivity index (χ0n) is 15.7. The topological polar surface area (TPSA) is 141 Å². The zero-order chi connectivity index (χ0) is 20.8. The third kappa shape index (κ3) is 4.78. The molecule has 29 heavy (non-hydrogen) atoms. The molecule has 1 aromatic heterocycles. The molecular formula is C21H18N6O2. The van der Waals surface area contributed by atoms with Crippen LogP contribution in [0, 0.1) is 29.6 Å². The highest BCUT2D eigenvalue weighted by atomic mass is 16.5. The number of nitriles is 2. The molecule has 0 bridgehead atoms. The van der Waals surface area contributed by atoms with Gasteiger partial charge < -0.3 is 15.8 Å².